The lowest BCUT2D eigenvalue weighted by Gasteiger charge is -2.39. The molecule has 7 heteroatoms. The molecule has 148 valence electrons. The standard InChI is InChI=1S/C22H24N6O/c1-15(29)25-17-8-6-9-18(11-17)26-20-23-14-24-21(27-20)28-12-16-7-4-5-10-19(16)22(2,3)13-28/h4-11,14H,12-13H2,1-3H3,(H,25,29)(H,23,24,26,27). The molecule has 0 aliphatic carbocycles. The van der Waals surface area contributed by atoms with Crippen molar-refractivity contribution >= 4 is 29.2 Å². The topological polar surface area (TPSA) is 83.0 Å². The van der Waals surface area contributed by atoms with E-state index >= 15 is 0 Å². The Morgan fingerprint density at radius 3 is 2.69 bits per heavy atom. The number of carbonyl (C=O) groups excluding carboxylic acids is 1. The van der Waals surface area contributed by atoms with Crippen LogP contribution in [0, 0.1) is 0 Å². The Bertz CT molecular complexity index is 1050. The van der Waals surface area contributed by atoms with E-state index in [0.29, 0.717) is 17.6 Å². The number of amides is 1. The van der Waals surface area contributed by atoms with Crippen LogP contribution in [0.15, 0.2) is 54.9 Å². The molecule has 0 spiro atoms. The maximum absolute atomic E-state index is 11.3. The first-order chi connectivity index (χ1) is 13.9. The van der Waals surface area contributed by atoms with Crippen molar-refractivity contribution in [1.82, 2.24) is 15.0 Å². The predicted molar refractivity (Wildman–Crippen MR) is 114 cm³/mol. The van der Waals surface area contributed by atoms with Crippen LogP contribution in [0.3, 0.4) is 0 Å². The molecule has 0 radical (unpaired) electrons. The zero-order valence-electron chi connectivity index (χ0n) is 16.8. The molecule has 2 heterocycles. The number of hydrogen-bond acceptors (Lipinski definition) is 6. The second kappa shape index (κ2) is 7.50. The van der Waals surface area contributed by atoms with Crippen LogP contribution in [0.25, 0.3) is 0 Å². The van der Waals surface area contributed by atoms with Gasteiger partial charge in [0.25, 0.3) is 0 Å². The number of anilines is 4. The molecule has 0 saturated carbocycles. The maximum atomic E-state index is 11.3. The van der Waals surface area contributed by atoms with Gasteiger partial charge in [-0.15, -0.1) is 0 Å². The predicted octanol–water partition coefficient (Wildman–Crippen LogP) is 3.87. The van der Waals surface area contributed by atoms with Crippen LogP contribution in [-0.4, -0.2) is 27.4 Å². The van der Waals surface area contributed by atoms with E-state index in [0.717, 1.165) is 18.8 Å². The molecule has 3 aromatic rings. The van der Waals surface area contributed by atoms with Gasteiger partial charge >= 0.3 is 0 Å². The third-order valence-electron chi connectivity index (χ3n) is 4.97. The summed E-state index contributed by atoms with van der Waals surface area (Å²) in [5.74, 6) is 0.993. The van der Waals surface area contributed by atoms with Crippen molar-refractivity contribution in [2.24, 2.45) is 0 Å². The minimum Gasteiger partial charge on any atom is -0.335 e. The number of nitrogens with one attached hydrogen (secondary N) is 2. The van der Waals surface area contributed by atoms with E-state index < -0.39 is 0 Å². The molecule has 0 saturated heterocycles. The number of carbonyl (C=O) groups is 1. The maximum Gasteiger partial charge on any atom is 0.232 e. The van der Waals surface area contributed by atoms with Crippen LogP contribution in [-0.2, 0) is 16.8 Å². The third-order valence-corrected chi connectivity index (χ3v) is 4.97. The molecule has 1 aromatic heterocycles. The van der Waals surface area contributed by atoms with Gasteiger partial charge in [-0.1, -0.05) is 44.2 Å². The monoisotopic (exact) mass is 388 g/mol. The average Bonchev–Trinajstić information content (AvgIpc) is 2.67. The van der Waals surface area contributed by atoms with Crippen molar-refractivity contribution in [2.75, 3.05) is 22.1 Å². The van der Waals surface area contributed by atoms with E-state index in [9.17, 15) is 4.79 Å². The quantitative estimate of drug-likeness (QED) is 0.706. The molecule has 4 rings (SSSR count). The summed E-state index contributed by atoms with van der Waals surface area (Å²) >= 11 is 0. The second-order valence-electron chi connectivity index (χ2n) is 7.89. The summed E-state index contributed by atoms with van der Waals surface area (Å²) in [4.78, 5) is 26.7. The molecule has 0 unspecified atom stereocenters. The van der Waals surface area contributed by atoms with Gasteiger partial charge in [0.2, 0.25) is 17.8 Å². The Hall–Kier alpha value is -3.48. The minimum atomic E-state index is -0.113. The summed E-state index contributed by atoms with van der Waals surface area (Å²) in [6, 6.07) is 16.0. The number of nitrogens with zero attached hydrogens (tertiary/aromatic N) is 4. The van der Waals surface area contributed by atoms with Crippen LogP contribution >= 0.6 is 0 Å². The normalized spacial score (nSPS) is 14.8. The zero-order chi connectivity index (χ0) is 20.4. The minimum absolute atomic E-state index is 0.00174. The lowest BCUT2D eigenvalue weighted by atomic mass is 9.78. The zero-order valence-corrected chi connectivity index (χ0v) is 16.8. The SMILES string of the molecule is CC(=O)Nc1cccc(Nc2ncnc(N3Cc4ccccc4C(C)(C)C3)n2)c1. The largest absolute Gasteiger partial charge is 0.335 e. The highest BCUT2D eigenvalue weighted by Crippen LogP contribution is 2.34. The van der Waals surface area contributed by atoms with Crippen molar-refractivity contribution in [3.05, 3.63) is 66.0 Å². The summed E-state index contributed by atoms with van der Waals surface area (Å²) in [5.41, 5.74) is 4.17. The molecule has 2 aromatic carbocycles. The smallest absolute Gasteiger partial charge is 0.232 e. The first kappa shape index (κ1) is 18.9. The number of fused-ring (bicyclic) bond motifs is 1. The van der Waals surface area contributed by atoms with Crippen molar-refractivity contribution in [1.29, 1.82) is 0 Å². The number of aromatic nitrogens is 3. The second-order valence-corrected chi connectivity index (χ2v) is 7.89. The highest BCUT2D eigenvalue weighted by molar-refractivity contribution is 5.89. The summed E-state index contributed by atoms with van der Waals surface area (Å²) in [6.45, 7) is 7.56. The molecule has 1 aliphatic heterocycles. The highest BCUT2D eigenvalue weighted by atomic mass is 16.1. The molecule has 2 N–H and O–H groups in total. The van der Waals surface area contributed by atoms with Gasteiger partial charge in [0, 0.05) is 36.8 Å². The van der Waals surface area contributed by atoms with Crippen LogP contribution in [0.1, 0.15) is 31.9 Å². The van der Waals surface area contributed by atoms with Crippen molar-refractivity contribution in [3.8, 4) is 0 Å². The van der Waals surface area contributed by atoms with E-state index in [-0.39, 0.29) is 11.3 Å². The number of rotatable bonds is 4. The highest BCUT2D eigenvalue weighted by Gasteiger charge is 2.32. The van der Waals surface area contributed by atoms with E-state index in [4.69, 9.17) is 0 Å². The summed E-state index contributed by atoms with van der Waals surface area (Å²) in [6.07, 6.45) is 1.52. The lowest BCUT2D eigenvalue weighted by Crippen LogP contribution is -2.43. The van der Waals surface area contributed by atoms with E-state index in [1.54, 1.807) is 0 Å². The molecule has 0 fully saturated rings. The van der Waals surface area contributed by atoms with E-state index in [1.807, 2.05) is 24.3 Å². The van der Waals surface area contributed by atoms with Gasteiger partial charge in [-0.3, -0.25) is 4.79 Å². The number of hydrogen-bond donors (Lipinski definition) is 2. The van der Waals surface area contributed by atoms with Gasteiger partial charge in [0.15, 0.2) is 0 Å². The molecule has 0 bridgehead atoms. The Balaban J connectivity index is 1.56. The van der Waals surface area contributed by atoms with Crippen LogP contribution in [0.2, 0.25) is 0 Å². The molecule has 7 nitrogen and oxygen atoms in total. The number of benzene rings is 2. The van der Waals surface area contributed by atoms with E-state index in [2.05, 4.69) is 68.6 Å². The fourth-order valence-electron chi connectivity index (χ4n) is 3.79. The first-order valence-electron chi connectivity index (χ1n) is 9.58. The Morgan fingerprint density at radius 2 is 1.86 bits per heavy atom. The molecule has 1 amide bonds. The fraction of sp³-hybridized carbons (Fsp3) is 0.273. The Morgan fingerprint density at radius 1 is 1.07 bits per heavy atom. The van der Waals surface area contributed by atoms with Crippen LogP contribution in [0.4, 0.5) is 23.3 Å². The first-order valence-corrected chi connectivity index (χ1v) is 9.58. The van der Waals surface area contributed by atoms with Gasteiger partial charge < -0.3 is 15.5 Å². The van der Waals surface area contributed by atoms with Gasteiger partial charge in [0.05, 0.1) is 0 Å². The van der Waals surface area contributed by atoms with Gasteiger partial charge in [-0.05, 0) is 29.3 Å². The van der Waals surface area contributed by atoms with E-state index in [1.165, 1.54) is 24.4 Å². The lowest BCUT2D eigenvalue weighted by molar-refractivity contribution is -0.114. The van der Waals surface area contributed by atoms with Crippen LogP contribution < -0.4 is 15.5 Å². The summed E-state index contributed by atoms with van der Waals surface area (Å²) in [5, 5.41) is 5.97. The molecular formula is C22H24N6O. The average molecular weight is 388 g/mol. The van der Waals surface area contributed by atoms with Gasteiger partial charge in [-0.25, -0.2) is 9.97 Å². The Kier molecular flexibility index (Phi) is 4.88. The van der Waals surface area contributed by atoms with Crippen LogP contribution in [0.5, 0.6) is 0 Å². The molecule has 29 heavy (non-hydrogen) atoms. The van der Waals surface area contributed by atoms with Gasteiger partial charge in [0.1, 0.15) is 6.33 Å². The van der Waals surface area contributed by atoms with Gasteiger partial charge in [-0.2, -0.15) is 4.98 Å². The third kappa shape index (κ3) is 4.18. The van der Waals surface area contributed by atoms with Crippen molar-refractivity contribution in [2.45, 2.75) is 32.7 Å². The molecule has 1 aliphatic rings. The van der Waals surface area contributed by atoms with Crippen molar-refractivity contribution in [3.63, 3.8) is 0 Å². The summed E-state index contributed by atoms with van der Waals surface area (Å²) < 4.78 is 0. The summed E-state index contributed by atoms with van der Waals surface area (Å²) in [7, 11) is 0. The molecular weight excluding hydrogens is 364 g/mol. The Labute approximate surface area is 170 Å². The fourth-order valence-corrected chi connectivity index (χ4v) is 3.79. The van der Waals surface area contributed by atoms with Crippen molar-refractivity contribution < 1.29 is 4.79 Å². The molecule has 0 atom stereocenters.